The number of carbonyl (C=O) groups excluding carboxylic acids is 2. The lowest BCUT2D eigenvalue weighted by Gasteiger charge is -2.17. The first-order valence-corrected chi connectivity index (χ1v) is 8.76. The summed E-state index contributed by atoms with van der Waals surface area (Å²) >= 11 is 0. The first-order valence-electron chi connectivity index (χ1n) is 8.76. The van der Waals surface area contributed by atoms with Crippen molar-refractivity contribution in [2.24, 2.45) is 5.92 Å². The van der Waals surface area contributed by atoms with Crippen molar-refractivity contribution in [3.63, 3.8) is 0 Å². The highest BCUT2D eigenvalue weighted by Gasteiger charge is 2.31. The Morgan fingerprint density at radius 1 is 1.46 bits per heavy atom. The highest BCUT2D eigenvalue weighted by Crippen LogP contribution is 2.25. The molecular weight excluding hydrogens is 306 g/mol. The minimum absolute atomic E-state index is 0.0359. The topological polar surface area (TPSA) is 79.3 Å². The molecule has 0 spiro atoms. The van der Waals surface area contributed by atoms with Crippen LogP contribution in [0, 0.1) is 5.92 Å². The minimum Gasteiger partial charge on any atom is -0.341 e. The normalized spacial score (nSPS) is 23.0. The van der Waals surface area contributed by atoms with Gasteiger partial charge >= 0.3 is 0 Å². The van der Waals surface area contributed by atoms with Crippen molar-refractivity contribution in [3.05, 3.63) is 12.4 Å². The van der Waals surface area contributed by atoms with E-state index in [1.165, 1.54) is 0 Å². The molecular formula is C17H27N5O2. The van der Waals surface area contributed by atoms with Crippen LogP contribution in [0.15, 0.2) is 12.4 Å². The van der Waals surface area contributed by atoms with Crippen LogP contribution in [0.2, 0.25) is 0 Å². The predicted molar refractivity (Wildman–Crippen MR) is 91.5 cm³/mol. The fourth-order valence-electron chi connectivity index (χ4n) is 3.62. The first kappa shape index (κ1) is 17.0. The standard InChI is InChI=1S/C17H27N5O2/c1-17(2)9-13(10-18-17)8-15(23)20-14-11-19-22(12-14)7-6-21-5-3-4-16(21)24/h11-13,18H,3-10H2,1-2H3,(H,20,23). The van der Waals surface area contributed by atoms with Crippen LogP contribution in [0.25, 0.3) is 0 Å². The van der Waals surface area contributed by atoms with E-state index < -0.39 is 0 Å². The molecule has 1 unspecified atom stereocenters. The molecule has 7 nitrogen and oxygen atoms in total. The van der Waals surface area contributed by atoms with Gasteiger partial charge in [0.25, 0.3) is 0 Å². The maximum atomic E-state index is 12.2. The molecule has 2 saturated heterocycles. The predicted octanol–water partition coefficient (Wildman–Crippen LogP) is 1.22. The van der Waals surface area contributed by atoms with Gasteiger partial charge in [0.05, 0.1) is 18.4 Å². The van der Waals surface area contributed by atoms with Crippen LogP contribution in [0.1, 0.15) is 39.5 Å². The lowest BCUT2D eigenvalue weighted by Crippen LogP contribution is -2.31. The molecule has 0 saturated carbocycles. The molecule has 1 aromatic rings. The molecule has 2 N–H and O–H groups in total. The largest absolute Gasteiger partial charge is 0.341 e. The number of rotatable bonds is 6. The molecule has 24 heavy (non-hydrogen) atoms. The molecule has 7 heteroatoms. The summed E-state index contributed by atoms with van der Waals surface area (Å²) in [7, 11) is 0. The highest BCUT2D eigenvalue weighted by atomic mass is 16.2. The summed E-state index contributed by atoms with van der Waals surface area (Å²) in [4.78, 5) is 25.6. The third-order valence-electron chi connectivity index (χ3n) is 4.83. The van der Waals surface area contributed by atoms with Crippen molar-refractivity contribution < 1.29 is 9.59 Å². The molecule has 0 aliphatic carbocycles. The highest BCUT2D eigenvalue weighted by molar-refractivity contribution is 5.90. The maximum absolute atomic E-state index is 12.2. The lowest BCUT2D eigenvalue weighted by molar-refractivity contribution is -0.127. The van der Waals surface area contributed by atoms with Gasteiger partial charge < -0.3 is 15.5 Å². The van der Waals surface area contributed by atoms with Crippen molar-refractivity contribution in [2.45, 2.75) is 51.6 Å². The van der Waals surface area contributed by atoms with Gasteiger partial charge in [0.15, 0.2) is 0 Å². The number of nitrogens with one attached hydrogen (secondary N) is 2. The van der Waals surface area contributed by atoms with E-state index in [1.54, 1.807) is 10.9 Å². The van der Waals surface area contributed by atoms with Crippen molar-refractivity contribution in [3.8, 4) is 0 Å². The number of anilines is 1. The average molecular weight is 333 g/mol. The summed E-state index contributed by atoms with van der Waals surface area (Å²) in [6, 6.07) is 0. The number of amides is 2. The van der Waals surface area contributed by atoms with Gasteiger partial charge in [0, 0.05) is 37.7 Å². The summed E-state index contributed by atoms with van der Waals surface area (Å²) in [6.07, 6.45) is 6.66. The second-order valence-electron chi connectivity index (χ2n) is 7.56. The third kappa shape index (κ3) is 4.35. The van der Waals surface area contributed by atoms with Gasteiger partial charge in [-0.25, -0.2) is 0 Å². The van der Waals surface area contributed by atoms with Gasteiger partial charge in [0.2, 0.25) is 11.8 Å². The molecule has 2 aliphatic heterocycles. The van der Waals surface area contributed by atoms with E-state index in [4.69, 9.17) is 0 Å². The van der Waals surface area contributed by atoms with Crippen LogP contribution in [-0.4, -0.2) is 51.7 Å². The van der Waals surface area contributed by atoms with E-state index in [0.717, 1.165) is 31.6 Å². The molecule has 0 radical (unpaired) electrons. The molecule has 2 amide bonds. The Morgan fingerprint density at radius 3 is 2.96 bits per heavy atom. The zero-order valence-electron chi connectivity index (χ0n) is 14.5. The number of hydrogen-bond acceptors (Lipinski definition) is 4. The van der Waals surface area contributed by atoms with E-state index in [9.17, 15) is 9.59 Å². The van der Waals surface area contributed by atoms with Gasteiger partial charge in [-0.2, -0.15) is 5.10 Å². The Morgan fingerprint density at radius 2 is 2.29 bits per heavy atom. The van der Waals surface area contributed by atoms with Crippen LogP contribution in [0.4, 0.5) is 5.69 Å². The zero-order valence-corrected chi connectivity index (χ0v) is 14.5. The van der Waals surface area contributed by atoms with Crippen LogP contribution in [-0.2, 0) is 16.1 Å². The Balaban J connectivity index is 1.43. The van der Waals surface area contributed by atoms with Gasteiger partial charge in [-0.1, -0.05) is 0 Å². The monoisotopic (exact) mass is 333 g/mol. The first-order chi connectivity index (χ1) is 11.4. The molecule has 3 rings (SSSR count). The number of nitrogens with zero attached hydrogens (tertiary/aromatic N) is 3. The van der Waals surface area contributed by atoms with Gasteiger partial charge in [-0.05, 0) is 39.2 Å². The molecule has 0 bridgehead atoms. The Kier molecular flexibility index (Phi) is 4.89. The van der Waals surface area contributed by atoms with E-state index in [1.807, 2.05) is 11.1 Å². The quantitative estimate of drug-likeness (QED) is 0.820. The molecule has 0 aromatic carbocycles. The Bertz CT molecular complexity index is 610. The molecule has 1 aromatic heterocycles. The fourth-order valence-corrected chi connectivity index (χ4v) is 3.62. The van der Waals surface area contributed by atoms with Crippen molar-refractivity contribution in [2.75, 3.05) is 25.0 Å². The summed E-state index contributed by atoms with van der Waals surface area (Å²) in [6.45, 7) is 7.40. The Hall–Kier alpha value is -1.89. The third-order valence-corrected chi connectivity index (χ3v) is 4.83. The van der Waals surface area contributed by atoms with Gasteiger partial charge in [-0.15, -0.1) is 0 Å². The lowest BCUT2D eigenvalue weighted by atomic mass is 9.94. The molecule has 2 aliphatic rings. The molecule has 132 valence electrons. The average Bonchev–Trinajstić information content (AvgIpc) is 3.19. The van der Waals surface area contributed by atoms with Crippen LogP contribution in [0.5, 0.6) is 0 Å². The second-order valence-corrected chi connectivity index (χ2v) is 7.56. The van der Waals surface area contributed by atoms with E-state index >= 15 is 0 Å². The van der Waals surface area contributed by atoms with Gasteiger partial charge in [0.1, 0.15) is 0 Å². The van der Waals surface area contributed by atoms with Crippen molar-refractivity contribution >= 4 is 17.5 Å². The summed E-state index contributed by atoms with van der Waals surface area (Å²) in [5.41, 5.74) is 0.848. The summed E-state index contributed by atoms with van der Waals surface area (Å²) < 4.78 is 1.78. The number of carbonyl (C=O) groups is 2. The zero-order chi connectivity index (χ0) is 17.2. The maximum Gasteiger partial charge on any atom is 0.224 e. The molecule has 1 atom stereocenters. The summed E-state index contributed by atoms with van der Waals surface area (Å²) in [5, 5.41) is 10.6. The van der Waals surface area contributed by atoms with Crippen LogP contribution < -0.4 is 10.6 Å². The Labute approximate surface area is 142 Å². The smallest absolute Gasteiger partial charge is 0.224 e. The van der Waals surface area contributed by atoms with E-state index in [0.29, 0.717) is 31.8 Å². The van der Waals surface area contributed by atoms with Gasteiger partial charge in [-0.3, -0.25) is 14.3 Å². The SMILES string of the molecule is CC1(C)CC(CC(=O)Nc2cnn(CCN3CCCC3=O)c2)CN1. The molecule has 2 fully saturated rings. The summed E-state index contributed by atoms with van der Waals surface area (Å²) in [5.74, 6) is 0.647. The molecule has 3 heterocycles. The second kappa shape index (κ2) is 6.93. The number of hydrogen-bond donors (Lipinski definition) is 2. The number of aromatic nitrogens is 2. The number of likely N-dealkylation sites (tertiary alicyclic amines) is 1. The van der Waals surface area contributed by atoms with Crippen LogP contribution in [0.3, 0.4) is 0 Å². The minimum atomic E-state index is 0.0359. The van der Waals surface area contributed by atoms with E-state index in [-0.39, 0.29) is 17.4 Å². The van der Waals surface area contributed by atoms with E-state index in [2.05, 4.69) is 29.6 Å². The van der Waals surface area contributed by atoms with Crippen molar-refractivity contribution in [1.29, 1.82) is 0 Å². The van der Waals surface area contributed by atoms with Crippen molar-refractivity contribution in [1.82, 2.24) is 20.0 Å². The van der Waals surface area contributed by atoms with Crippen LogP contribution >= 0.6 is 0 Å². The fraction of sp³-hybridized carbons (Fsp3) is 0.706.